The fraction of sp³-hybridized carbons (Fsp3) is 0.130. The van der Waals surface area contributed by atoms with Crippen LogP contribution in [0.5, 0.6) is 5.75 Å². The number of carboxylic acid groups (broad SMARTS) is 1. The van der Waals surface area contributed by atoms with Gasteiger partial charge in [0.1, 0.15) is 5.75 Å². The summed E-state index contributed by atoms with van der Waals surface area (Å²) in [6.45, 7) is 0. The van der Waals surface area contributed by atoms with Gasteiger partial charge in [0.05, 0.1) is 21.6 Å². The highest BCUT2D eigenvalue weighted by Gasteiger charge is 2.19. The number of aromatic carboxylic acids is 1. The number of aromatic hydroxyl groups is 1. The number of para-hydroxylation sites is 1. The number of thiazole rings is 1. The van der Waals surface area contributed by atoms with Crippen LogP contribution in [0.4, 0.5) is 5.13 Å². The zero-order valence-corrected chi connectivity index (χ0v) is 17.2. The maximum Gasteiger partial charge on any atom is 0.358 e. The van der Waals surface area contributed by atoms with E-state index < -0.39 is 5.97 Å². The van der Waals surface area contributed by atoms with Crippen molar-refractivity contribution in [2.45, 2.75) is 19.3 Å². The number of benzene rings is 2. The van der Waals surface area contributed by atoms with Gasteiger partial charge in [-0.1, -0.05) is 35.6 Å². The molecule has 0 fully saturated rings. The molecule has 2 aromatic carbocycles. The van der Waals surface area contributed by atoms with Crippen LogP contribution in [0.1, 0.15) is 34.5 Å². The number of rotatable bonds is 4. The predicted octanol–water partition coefficient (Wildman–Crippen LogP) is 4.91. The van der Waals surface area contributed by atoms with Gasteiger partial charge in [0.2, 0.25) is 5.13 Å². The molecule has 2 aromatic heterocycles. The molecule has 0 saturated heterocycles. The normalized spacial score (nSPS) is 14.5. The molecule has 5 rings (SSSR count). The summed E-state index contributed by atoms with van der Waals surface area (Å²) in [6.07, 6.45) is 2.80. The van der Waals surface area contributed by atoms with Gasteiger partial charge in [-0.05, 0) is 55.2 Å². The number of nitrogens with zero attached hydrogens (tertiary/aromatic N) is 3. The van der Waals surface area contributed by atoms with Crippen molar-refractivity contribution in [2.24, 2.45) is 5.10 Å². The lowest BCUT2D eigenvalue weighted by Crippen LogP contribution is -2.14. The zero-order chi connectivity index (χ0) is 21.4. The molecular weight excluding hydrogens is 412 g/mol. The number of aryl methyl sites for hydroxylation is 1. The number of carbonyl (C=O) groups is 1. The number of hydrazone groups is 1. The molecular formula is C23H18N4O3S. The fourth-order valence-corrected chi connectivity index (χ4v) is 4.53. The molecule has 0 spiro atoms. The van der Waals surface area contributed by atoms with Crippen molar-refractivity contribution in [2.75, 3.05) is 5.43 Å². The van der Waals surface area contributed by atoms with Crippen LogP contribution in [0.2, 0.25) is 0 Å². The van der Waals surface area contributed by atoms with E-state index in [0.29, 0.717) is 5.69 Å². The van der Waals surface area contributed by atoms with Crippen LogP contribution in [0.3, 0.4) is 0 Å². The Morgan fingerprint density at radius 2 is 1.94 bits per heavy atom. The summed E-state index contributed by atoms with van der Waals surface area (Å²) < 4.78 is 1.10. The Morgan fingerprint density at radius 1 is 1.06 bits per heavy atom. The maximum atomic E-state index is 11.3. The molecule has 1 aliphatic rings. The van der Waals surface area contributed by atoms with Crippen molar-refractivity contribution < 1.29 is 15.0 Å². The first kappa shape index (κ1) is 19.2. The SMILES string of the molecule is O=C(O)c1nc(-c2ccc3c(c2)/C(=N\Nc2nc4ccccc4s2)CCC3)ccc1O. The monoisotopic (exact) mass is 430 g/mol. The van der Waals surface area contributed by atoms with E-state index in [1.54, 1.807) is 17.4 Å². The summed E-state index contributed by atoms with van der Waals surface area (Å²) in [5.41, 5.74) is 8.09. The van der Waals surface area contributed by atoms with Crippen molar-refractivity contribution >= 4 is 38.4 Å². The quantitative estimate of drug-likeness (QED) is 0.397. The van der Waals surface area contributed by atoms with E-state index in [4.69, 9.17) is 0 Å². The first-order valence-electron chi connectivity index (χ1n) is 9.83. The minimum Gasteiger partial charge on any atom is -0.505 e. The fourth-order valence-electron chi connectivity index (χ4n) is 3.72. The van der Waals surface area contributed by atoms with Crippen LogP contribution in [0.15, 0.2) is 59.7 Å². The first-order chi connectivity index (χ1) is 15.1. The Hall–Kier alpha value is -3.78. The highest BCUT2D eigenvalue weighted by atomic mass is 32.1. The largest absolute Gasteiger partial charge is 0.505 e. The molecule has 8 heteroatoms. The van der Waals surface area contributed by atoms with Gasteiger partial charge in [-0.3, -0.25) is 5.43 Å². The van der Waals surface area contributed by atoms with Crippen molar-refractivity contribution in [1.29, 1.82) is 0 Å². The van der Waals surface area contributed by atoms with Gasteiger partial charge in [-0.2, -0.15) is 5.10 Å². The van der Waals surface area contributed by atoms with E-state index in [0.717, 1.165) is 51.4 Å². The third kappa shape index (κ3) is 3.73. The second-order valence-electron chi connectivity index (χ2n) is 7.25. The van der Waals surface area contributed by atoms with Gasteiger partial charge >= 0.3 is 5.97 Å². The van der Waals surface area contributed by atoms with Crippen molar-refractivity contribution in [3.63, 3.8) is 0 Å². The summed E-state index contributed by atoms with van der Waals surface area (Å²) in [5, 5.41) is 24.4. The minimum absolute atomic E-state index is 0.350. The lowest BCUT2D eigenvalue weighted by atomic mass is 9.88. The molecule has 0 atom stereocenters. The van der Waals surface area contributed by atoms with Gasteiger partial charge in [0, 0.05) is 11.1 Å². The molecule has 0 aliphatic heterocycles. The van der Waals surface area contributed by atoms with Crippen molar-refractivity contribution in [3.05, 3.63) is 71.4 Å². The van der Waals surface area contributed by atoms with E-state index in [-0.39, 0.29) is 11.4 Å². The molecule has 0 saturated carbocycles. The number of anilines is 1. The average molecular weight is 430 g/mol. The second-order valence-corrected chi connectivity index (χ2v) is 8.28. The van der Waals surface area contributed by atoms with Crippen LogP contribution >= 0.6 is 11.3 Å². The van der Waals surface area contributed by atoms with E-state index >= 15 is 0 Å². The number of carboxylic acids is 1. The van der Waals surface area contributed by atoms with Gasteiger partial charge in [-0.15, -0.1) is 0 Å². The number of aromatic nitrogens is 2. The molecule has 154 valence electrons. The number of hydrogen-bond donors (Lipinski definition) is 3. The predicted molar refractivity (Wildman–Crippen MR) is 121 cm³/mol. The van der Waals surface area contributed by atoms with Gasteiger partial charge in [0.15, 0.2) is 5.69 Å². The summed E-state index contributed by atoms with van der Waals surface area (Å²) in [7, 11) is 0. The maximum absolute atomic E-state index is 11.3. The number of pyridine rings is 1. The minimum atomic E-state index is -1.26. The Balaban J connectivity index is 1.49. The van der Waals surface area contributed by atoms with Crippen molar-refractivity contribution in [3.8, 4) is 17.0 Å². The van der Waals surface area contributed by atoms with Crippen LogP contribution < -0.4 is 5.43 Å². The molecule has 0 unspecified atom stereocenters. The Kier molecular flexibility index (Phi) is 4.83. The lowest BCUT2D eigenvalue weighted by Gasteiger charge is -2.19. The van der Waals surface area contributed by atoms with E-state index in [9.17, 15) is 15.0 Å². The van der Waals surface area contributed by atoms with Crippen LogP contribution in [-0.4, -0.2) is 31.9 Å². The molecule has 0 bridgehead atoms. The highest BCUT2D eigenvalue weighted by Crippen LogP contribution is 2.30. The molecule has 0 radical (unpaired) electrons. The Bertz CT molecular complexity index is 1310. The Morgan fingerprint density at radius 3 is 2.77 bits per heavy atom. The molecule has 4 aromatic rings. The van der Waals surface area contributed by atoms with Gasteiger partial charge < -0.3 is 10.2 Å². The standard InChI is InChI=1S/C23H18N4O3S/c28-19-11-10-16(24-21(19)22(29)30)14-9-8-13-4-3-6-17(15(13)12-14)26-27-23-25-18-5-1-2-7-20(18)31-23/h1-2,5,7-12,28H,3-4,6H2,(H,25,27)(H,29,30)/b26-17-. The summed E-state index contributed by atoms with van der Waals surface area (Å²) >= 11 is 1.55. The third-order valence-corrected chi connectivity index (χ3v) is 6.17. The molecule has 1 aliphatic carbocycles. The molecule has 3 N–H and O–H groups in total. The highest BCUT2D eigenvalue weighted by molar-refractivity contribution is 7.22. The lowest BCUT2D eigenvalue weighted by molar-refractivity contribution is 0.0687. The van der Waals surface area contributed by atoms with Gasteiger partial charge in [0.25, 0.3) is 0 Å². The van der Waals surface area contributed by atoms with E-state index in [2.05, 4.69) is 20.5 Å². The van der Waals surface area contributed by atoms with Crippen LogP contribution in [0, 0.1) is 0 Å². The van der Waals surface area contributed by atoms with Gasteiger partial charge in [-0.25, -0.2) is 14.8 Å². The smallest absolute Gasteiger partial charge is 0.358 e. The van der Waals surface area contributed by atoms with E-state index in [1.807, 2.05) is 42.5 Å². The van der Waals surface area contributed by atoms with Crippen LogP contribution in [0.25, 0.3) is 21.5 Å². The van der Waals surface area contributed by atoms with Crippen LogP contribution in [-0.2, 0) is 6.42 Å². The van der Waals surface area contributed by atoms with E-state index in [1.165, 1.54) is 11.6 Å². The average Bonchev–Trinajstić information content (AvgIpc) is 3.20. The topological polar surface area (TPSA) is 108 Å². The zero-order valence-electron chi connectivity index (χ0n) is 16.4. The number of nitrogens with one attached hydrogen (secondary N) is 1. The molecule has 7 nitrogen and oxygen atoms in total. The molecule has 31 heavy (non-hydrogen) atoms. The third-order valence-electron chi connectivity index (χ3n) is 5.23. The second kappa shape index (κ2) is 7.81. The summed E-state index contributed by atoms with van der Waals surface area (Å²) in [4.78, 5) is 20.0. The molecule has 2 heterocycles. The number of fused-ring (bicyclic) bond motifs is 2. The summed E-state index contributed by atoms with van der Waals surface area (Å²) in [5.74, 6) is -1.61. The summed E-state index contributed by atoms with van der Waals surface area (Å²) in [6, 6.07) is 16.9. The first-order valence-corrected chi connectivity index (χ1v) is 10.7. The number of hydrogen-bond acceptors (Lipinski definition) is 7. The van der Waals surface area contributed by atoms with Crippen molar-refractivity contribution in [1.82, 2.24) is 9.97 Å². The molecule has 0 amide bonds. The Labute approximate surface area is 181 Å².